The number of methoxy groups -OCH3 is 1. The number of imidazole rings is 1. The number of carboxylic acids is 1. The molecule has 0 fully saturated rings. The highest BCUT2D eigenvalue weighted by molar-refractivity contribution is 5.76. The van der Waals surface area contributed by atoms with Crippen LogP contribution in [0.1, 0.15) is 12.8 Å². The topological polar surface area (TPSA) is 105 Å². The number of nitrogens with one attached hydrogen (secondary N) is 2. The Morgan fingerprint density at radius 1 is 1.40 bits per heavy atom. The number of hydrogen-bond acceptors (Lipinski definition) is 4. The summed E-state index contributed by atoms with van der Waals surface area (Å²) < 4.78 is 6.66. The first-order valence-corrected chi connectivity index (χ1v) is 6.36. The first-order valence-electron chi connectivity index (χ1n) is 6.36. The molecule has 1 aromatic rings. The summed E-state index contributed by atoms with van der Waals surface area (Å²) in [5, 5.41) is 13.8. The van der Waals surface area contributed by atoms with Gasteiger partial charge in [0.25, 0.3) is 0 Å². The lowest BCUT2D eigenvalue weighted by molar-refractivity contribution is -0.147. The molecule has 0 bridgehead atoms. The summed E-state index contributed by atoms with van der Waals surface area (Å²) in [5.74, 6) is -1.10. The molecule has 2 amide bonds. The maximum Gasteiger partial charge on any atom is 0.334 e. The van der Waals surface area contributed by atoms with E-state index in [4.69, 9.17) is 9.84 Å². The van der Waals surface area contributed by atoms with Crippen LogP contribution in [0.4, 0.5) is 4.79 Å². The average Bonchev–Trinajstić information content (AvgIpc) is 2.91. The molecule has 20 heavy (non-hydrogen) atoms. The normalized spacial score (nSPS) is 11.8. The second kappa shape index (κ2) is 8.92. The molecule has 1 aromatic heterocycles. The number of unbranched alkanes of at least 4 members (excludes halogenated alkanes) is 1. The summed E-state index contributed by atoms with van der Waals surface area (Å²) in [6.45, 7) is 1.33. The van der Waals surface area contributed by atoms with E-state index < -0.39 is 18.1 Å². The number of aryl methyl sites for hydroxylation is 1. The summed E-state index contributed by atoms with van der Waals surface area (Å²) in [4.78, 5) is 26.0. The van der Waals surface area contributed by atoms with Crippen LogP contribution in [0.15, 0.2) is 18.7 Å². The smallest absolute Gasteiger partial charge is 0.334 e. The van der Waals surface area contributed by atoms with E-state index in [1.165, 1.54) is 7.11 Å². The number of nitrogens with zero attached hydrogens (tertiary/aromatic N) is 2. The van der Waals surface area contributed by atoms with Crippen LogP contribution in [0.5, 0.6) is 0 Å². The van der Waals surface area contributed by atoms with Gasteiger partial charge in [-0.2, -0.15) is 0 Å². The number of carbonyl (C=O) groups is 2. The van der Waals surface area contributed by atoms with Gasteiger partial charge in [0, 0.05) is 32.6 Å². The lowest BCUT2D eigenvalue weighted by atomic mass is 10.3. The van der Waals surface area contributed by atoms with Crippen LogP contribution in [0.25, 0.3) is 0 Å². The van der Waals surface area contributed by atoms with E-state index in [-0.39, 0.29) is 6.54 Å². The molecule has 0 radical (unpaired) electrons. The minimum absolute atomic E-state index is 0.0628. The number of aliphatic carboxylic acids is 1. The van der Waals surface area contributed by atoms with Crippen molar-refractivity contribution in [2.75, 3.05) is 20.2 Å². The molecule has 1 heterocycles. The Morgan fingerprint density at radius 2 is 2.20 bits per heavy atom. The highest BCUT2D eigenvalue weighted by Crippen LogP contribution is 1.94. The Morgan fingerprint density at radius 3 is 2.80 bits per heavy atom. The number of carboxylic acid groups (broad SMARTS) is 1. The largest absolute Gasteiger partial charge is 0.479 e. The molecule has 0 aliphatic carbocycles. The van der Waals surface area contributed by atoms with Gasteiger partial charge in [0.15, 0.2) is 6.10 Å². The Kier molecular flexibility index (Phi) is 7.12. The first kappa shape index (κ1) is 16.0. The Labute approximate surface area is 117 Å². The molecule has 8 nitrogen and oxygen atoms in total. The molecular weight excluding hydrogens is 264 g/mol. The fourth-order valence-corrected chi connectivity index (χ4v) is 1.56. The molecule has 1 rings (SSSR count). The van der Waals surface area contributed by atoms with Crippen LogP contribution < -0.4 is 10.6 Å². The molecular formula is C12H20N4O4. The molecule has 1 unspecified atom stereocenters. The van der Waals surface area contributed by atoms with Crippen molar-refractivity contribution >= 4 is 12.0 Å². The van der Waals surface area contributed by atoms with Gasteiger partial charge in [-0.1, -0.05) is 0 Å². The highest BCUT2D eigenvalue weighted by atomic mass is 16.5. The summed E-state index contributed by atoms with van der Waals surface area (Å²) in [6, 6.07) is -0.393. The monoisotopic (exact) mass is 284 g/mol. The summed E-state index contributed by atoms with van der Waals surface area (Å²) in [6.07, 6.45) is 6.08. The van der Waals surface area contributed by atoms with E-state index in [9.17, 15) is 9.59 Å². The van der Waals surface area contributed by atoms with Crippen molar-refractivity contribution in [3.8, 4) is 0 Å². The van der Waals surface area contributed by atoms with Crippen LogP contribution in [-0.2, 0) is 16.1 Å². The number of urea groups is 1. The molecule has 0 aromatic carbocycles. The lowest BCUT2D eigenvalue weighted by Gasteiger charge is -2.12. The van der Waals surface area contributed by atoms with Gasteiger partial charge in [-0.05, 0) is 12.8 Å². The number of ether oxygens (including phenoxy) is 1. The van der Waals surface area contributed by atoms with Crippen LogP contribution in [0.2, 0.25) is 0 Å². The van der Waals surface area contributed by atoms with Gasteiger partial charge in [-0.15, -0.1) is 0 Å². The maximum atomic E-state index is 11.4. The number of hydrogen-bond donors (Lipinski definition) is 3. The molecule has 0 aliphatic rings. The van der Waals surface area contributed by atoms with Gasteiger partial charge in [0.05, 0.1) is 12.9 Å². The zero-order chi connectivity index (χ0) is 14.8. The molecule has 0 spiro atoms. The summed E-state index contributed by atoms with van der Waals surface area (Å²) in [7, 11) is 1.29. The van der Waals surface area contributed by atoms with Crippen LogP contribution in [0.3, 0.4) is 0 Å². The first-order chi connectivity index (χ1) is 9.63. The second-order valence-corrected chi connectivity index (χ2v) is 4.21. The Balaban J connectivity index is 2.03. The van der Waals surface area contributed by atoms with Crippen molar-refractivity contribution in [2.24, 2.45) is 0 Å². The standard InChI is InChI=1S/C12H20N4O4/c1-20-10(11(17)18)8-15-12(19)14-4-2-3-6-16-7-5-13-9-16/h5,7,9-10H,2-4,6,8H2,1H3,(H,17,18)(H2,14,15,19). The summed E-state index contributed by atoms with van der Waals surface area (Å²) in [5.41, 5.74) is 0. The molecule has 112 valence electrons. The van der Waals surface area contributed by atoms with Crippen molar-refractivity contribution in [3.63, 3.8) is 0 Å². The molecule has 3 N–H and O–H groups in total. The van der Waals surface area contributed by atoms with Crippen LogP contribution in [-0.4, -0.2) is 53.0 Å². The van der Waals surface area contributed by atoms with E-state index in [1.54, 1.807) is 12.5 Å². The Bertz CT molecular complexity index is 408. The SMILES string of the molecule is COC(CNC(=O)NCCCCn1ccnc1)C(=O)O. The molecule has 0 saturated heterocycles. The third-order valence-electron chi connectivity index (χ3n) is 2.70. The van der Waals surface area contributed by atoms with E-state index in [0.29, 0.717) is 6.54 Å². The number of aromatic nitrogens is 2. The number of amides is 2. The van der Waals surface area contributed by atoms with Gasteiger partial charge < -0.3 is 25.0 Å². The minimum atomic E-state index is -1.10. The zero-order valence-electron chi connectivity index (χ0n) is 11.4. The van der Waals surface area contributed by atoms with Crippen molar-refractivity contribution in [3.05, 3.63) is 18.7 Å². The predicted molar refractivity (Wildman–Crippen MR) is 71.3 cm³/mol. The zero-order valence-corrected chi connectivity index (χ0v) is 11.4. The van der Waals surface area contributed by atoms with Crippen molar-refractivity contribution < 1.29 is 19.4 Å². The van der Waals surface area contributed by atoms with Gasteiger partial charge >= 0.3 is 12.0 Å². The fourth-order valence-electron chi connectivity index (χ4n) is 1.56. The van der Waals surface area contributed by atoms with E-state index in [0.717, 1.165) is 19.4 Å². The van der Waals surface area contributed by atoms with Gasteiger partial charge in [-0.3, -0.25) is 0 Å². The van der Waals surface area contributed by atoms with Crippen LogP contribution in [0, 0.1) is 0 Å². The number of carbonyl (C=O) groups excluding carboxylic acids is 1. The Hall–Kier alpha value is -2.09. The average molecular weight is 284 g/mol. The quantitative estimate of drug-likeness (QED) is 0.556. The van der Waals surface area contributed by atoms with E-state index >= 15 is 0 Å². The van der Waals surface area contributed by atoms with E-state index in [1.807, 2.05) is 10.8 Å². The second-order valence-electron chi connectivity index (χ2n) is 4.21. The van der Waals surface area contributed by atoms with Crippen LogP contribution >= 0.6 is 0 Å². The van der Waals surface area contributed by atoms with Crippen molar-refractivity contribution in [1.29, 1.82) is 0 Å². The van der Waals surface area contributed by atoms with E-state index in [2.05, 4.69) is 15.6 Å². The van der Waals surface area contributed by atoms with Crippen molar-refractivity contribution in [2.45, 2.75) is 25.5 Å². The van der Waals surface area contributed by atoms with Gasteiger partial charge in [0.1, 0.15) is 0 Å². The van der Waals surface area contributed by atoms with Crippen molar-refractivity contribution in [1.82, 2.24) is 20.2 Å². The molecule has 8 heteroatoms. The minimum Gasteiger partial charge on any atom is -0.479 e. The molecule has 0 aliphatic heterocycles. The third-order valence-corrected chi connectivity index (χ3v) is 2.70. The molecule has 1 atom stereocenters. The lowest BCUT2D eigenvalue weighted by Crippen LogP contribution is -2.43. The molecule has 0 saturated carbocycles. The summed E-state index contributed by atoms with van der Waals surface area (Å²) >= 11 is 0. The third kappa shape index (κ3) is 6.19. The van der Waals surface area contributed by atoms with Gasteiger partial charge in [0.2, 0.25) is 0 Å². The maximum absolute atomic E-state index is 11.4. The number of rotatable bonds is 9. The van der Waals surface area contributed by atoms with Gasteiger partial charge in [-0.25, -0.2) is 14.6 Å². The predicted octanol–water partition coefficient (Wildman–Crippen LogP) is 0.0621. The fraction of sp³-hybridized carbons (Fsp3) is 0.583. The highest BCUT2D eigenvalue weighted by Gasteiger charge is 2.16.